The van der Waals surface area contributed by atoms with Gasteiger partial charge in [0.1, 0.15) is 5.60 Å². The van der Waals surface area contributed by atoms with Gasteiger partial charge in [-0.3, -0.25) is 4.79 Å². The number of carbonyl (C=O) groups is 1. The minimum Gasteiger partial charge on any atom is -0.460 e. The average Bonchev–Trinajstić information content (AvgIpc) is 2.49. The molecule has 154 valence electrons. The lowest BCUT2D eigenvalue weighted by Crippen LogP contribution is -2.24. The zero-order valence-electron chi connectivity index (χ0n) is 15.5. The predicted octanol–water partition coefficient (Wildman–Crippen LogP) is 3.74. The van der Waals surface area contributed by atoms with E-state index < -0.39 is 39.0 Å². The SMILES string of the molecule is CC(C)(C)OC(=O)CCCCC(O)CS(=O)(=O)c1ccc(C(F)(F)F)cc1. The molecule has 27 heavy (non-hydrogen) atoms. The van der Waals surface area contributed by atoms with Gasteiger partial charge in [-0.25, -0.2) is 8.42 Å². The second-order valence-corrected chi connectivity index (χ2v) is 9.32. The highest BCUT2D eigenvalue weighted by Crippen LogP contribution is 2.30. The minimum absolute atomic E-state index is 0.155. The van der Waals surface area contributed by atoms with Gasteiger partial charge in [-0.2, -0.15) is 13.2 Å². The van der Waals surface area contributed by atoms with Crippen LogP contribution in [0, 0.1) is 0 Å². The number of unbranched alkanes of at least 4 members (excludes halogenated alkanes) is 1. The van der Waals surface area contributed by atoms with Gasteiger partial charge in [0.2, 0.25) is 0 Å². The molecule has 5 nitrogen and oxygen atoms in total. The van der Waals surface area contributed by atoms with Gasteiger partial charge < -0.3 is 9.84 Å². The van der Waals surface area contributed by atoms with E-state index in [0.29, 0.717) is 25.0 Å². The van der Waals surface area contributed by atoms with Crippen molar-refractivity contribution < 1.29 is 36.2 Å². The summed E-state index contributed by atoms with van der Waals surface area (Å²) < 4.78 is 67.1. The van der Waals surface area contributed by atoms with Crippen molar-refractivity contribution in [2.75, 3.05) is 5.75 Å². The number of alkyl halides is 3. The van der Waals surface area contributed by atoms with E-state index in [9.17, 15) is 31.5 Å². The molecule has 1 rings (SSSR count). The van der Waals surface area contributed by atoms with E-state index >= 15 is 0 Å². The highest BCUT2D eigenvalue weighted by molar-refractivity contribution is 7.91. The highest BCUT2D eigenvalue weighted by Gasteiger charge is 2.31. The first kappa shape index (κ1) is 23.4. The van der Waals surface area contributed by atoms with Crippen LogP contribution in [0.15, 0.2) is 29.2 Å². The maximum atomic E-state index is 12.5. The number of rotatable bonds is 8. The number of carbonyl (C=O) groups excluding carboxylic acids is 1. The second-order valence-electron chi connectivity index (χ2n) is 7.29. The standard InChI is InChI=1S/C18H25F3O5S/c1-17(2,3)26-16(23)7-5-4-6-14(22)12-27(24,25)15-10-8-13(9-11-15)18(19,20)21/h8-11,14,22H,4-7,12H2,1-3H3. The Morgan fingerprint density at radius 1 is 1.11 bits per heavy atom. The number of benzene rings is 1. The molecule has 0 fully saturated rings. The zero-order valence-corrected chi connectivity index (χ0v) is 16.4. The van der Waals surface area contributed by atoms with E-state index in [1.54, 1.807) is 20.8 Å². The number of hydrogen-bond acceptors (Lipinski definition) is 5. The normalized spacial score (nSPS) is 14.0. The van der Waals surface area contributed by atoms with Crippen LogP contribution < -0.4 is 0 Å². The molecule has 0 aliphatic heterocycles. The van der Waals surface area contributed by atoms with Gasteiger partial charge >= 0.3 is 12.1 Å². The van der Waals surface area contributed by atoms with E-state index in [2.05, 4.69) is 0 Å². The summed E-state index contributed by atoms with van der Waals surface area (Å²) >= 11 is 0. The van der Waals surface area contributed by atoms with Crippen LogP contribution in [0.5, 0.6) is 0 Å². The summed E-state index contributed by atoms with van der Waals surface area (Å²) in [5.41, 5.74) is -1.52. The third-order valence-corrected chi connectivity index (χ3v) is 5.35. The molecular weight excluding hydrogens is 385 g/mol. The molecule has 0 aromatic heterocycles. The molecule has 0 aliphatic carbocycles. The lowest BCUT2D eigenvalue weighted by molar-refractivity contribution is -0.155. The molecular formula is C18H25F3O5S. The first-order valence-corrected chi connectivity index (χ1v) is 10.2. The number of esters is 1. The lowest BCUT2D eigenvalue weighted by atomic mass is 10.1. The number of aliphatic hydroxyl groups is 1. The van der Waals surface area contributed by atoms with Crippen LogP contribution in [0.3, 0.4) is 0 Å². The molecule has 0 spiro atoms. The number of aliphatic hydroxyl groups excluding tert-OH is 1. The van der Waals surface area contributed by atoms with Crippen molar-refractivity contribution in [3.63, 3.8) is 0 Å². The Labute approximate surface area is 157 Å². The van der Waals surface area contributed by atoms with E-state index in [4.69, 9.17) is 4.74 Å². The Morgan fingerprint density at radius 2 is 1.67 bits per heavy atom. The molecule has 0 amide bonds. The van der Waals surface area contributed by atoms with Gasteiger partial charge in [0, 0.05) is 6.42 Å². The first-order chi connectivity index (χ1) is 12.2. The predicted molar refractivity (Wildman–Crippen MR) is 93.8 cm³/mol. The summed E-state index contributed by atoms with van der Waals surface area (Å²) in [5, 5.41) is 9.91. The first-order valence-electron chi connectivity index (χ1n) is 8.51. The monoisotopic (exact) mass is 410 g/mol. The third-order valence-electron chi connectivity index (χ3n) is 3.54. The molecule has 0 radical (unpaired) electrons. The summed E-state index contributed by atoms with van der Waals surface area (Å²) in [6.45, 7) is 5.25. The number of ether oxygens (including phenoxy) is 1. The van der Waals surface area contributed by atoms with Crippen LogP contribution in [-0.2, 0) is 25.5 Å². The molecule has 9 heteroatoms. The summed E-state index contributed by atoms with van der Waals surface area (Å²) in [6.07, 6.45) is -4.54. The van der Waals surface area contributed by atoms with Gasteiger partial charge in [-0.1, -0.05) is 6.42 Å². The van der Waals surface area contributed by atoms with E-state index in [0.717, 1.165) is 12.1 Å². The topological polar surface area (TPSA) is 80.7 Å². The maximum Gasteiger partial charge on any atom is 0.416 e. The molecule has 0 saturated carbocycles. The molecule has 0 saturated heterocycles. The summed E-state index contributed by atoms with van der Waals surface area (Å²) in [7, 11) is -3.91. The van der Waals surface area contributed by atoms with Gasteiger partial charge in [-0.05, 0) is 57.9 Å². The average molecular weight is 410 g/mol. The highest BCUT2D eigenvalue weighted by atomic mass is 32.2. The molecule has 1 aromatic carbocycles. The number of hydrogen-bond donors (Lipinski definition) is 1. The van der Waals surface area contributed by atoms with Crippen molar-refractivity contribution in [3.8, 4) is 0 Å². The van der Waals surface area contributed by atoms with Crippen molar-refractivity contribution in [1.82, 2.24) is 0 Å². The maximum absolute atomic E-state index is 12.5. The smallest absolute Gasteiger partial charge is 0.416 e. The minimum atomic E-state index is -4.55. The quantitative estimate of drug-likeness (QED) is 0.522. The molecule has 0 heterocycles. The summed E-state index contributed by atoms with van der Waals surface area (Å²) in [6, 6.07) is 3.15. The van der Waals surface area contributed by atoms with Crippen molar-refractivity contribution in [2.45, 2.75) is 69.2 Å². The third kappa shape index (κ3) is 8.75. The Balaban J connectivity index is 2.49. The fourth-order valence-corrected chi connectivity index (χ4v) is 3.74. The fourth-order valence-electron chi connectivity index (χ4n) is 2.33. The van der Waals surface area contributed by atoms with Crippen LogP contribution >= 0.6 is 0 Å². The number of sulfone groups is 1. The molecule has 1 atom stereocenters. The Bertz CT molecular complexity index is 719. The fraction of sp³-hybridized carbons (Fsp3) is 0.611. The van der Waals surface area contributed by atoms with E-state index in [-0.39, 0.29) is 23.7 Å². The second kappa shape index (κ2) is 9.05. The van der Waals surface area contributed by atoms with Crippen LogP contribution in [0.25, 0.3) is 0 Å². The Hall–Kier alpha value is -1.61. The summed E-state index contributed by atoms with van der Waals surface area (Å²) in [5.74, 6) is -0.959. The van der Waals surface area contributed by atoms with Gasteiger partial charge in [0.05, 0.1) is 22.3 Å². The number of halogens is 3. The summed E-state index contributed by atoms with van der Waals surface area (Å²) in [4.78, 5) is 11.3. The van der Waals surface area contributed by atoms with E-state index in [1.807, 2.05) is 0 Å². The van der Waals surface area contributed by atoms with Crippen molar-refractivity contribution in [1.29, 1.82) is 0 Å². The molecule has 1 N–H and O–H groups in total. The Kier molecular flexibility index (Phi) is 7.86. The van der Waals surface area contributed by atoms with Gasteiger partial charge in [-0.15, -0.1) is 0 Å². The van der Waals surface area contributed by atoms with Crippen LogP contribution in [0.4, 0.5) is 13.2 Å². The van der Waals surface area contributed by atoms with Crippen LogP contribution in [0.1, 0.15) is 52.0 Å². The largest absolute Gasteiger partial charge is 0.460 e. The van der Waals surface area contributed by atoms with Crippen molar-refractivity contribution in [3.05, 3.63) is 29.8 Å². The van der Waals surface area contributed by atoms with E-state index in [1.165, 1.54) is 0 Å². The van der Waals surface area contributed by atoms with Crippen molar-refractivity contribution in [2.24, 2.45) is 0 Å². The van der Waals surface area contributed by atoms with Gasteiger partial charge in [0.25, 0.3) is 0 Å². The molecule has 1 unspecified atom stereocenters. The van der Waals surface area contributed by atoms with Crippen LogP contribution in [0.2, 0.25) is 0 Å². The van der Waals surface area contributed by atoms with Gasteiger partial charge in [0.15, 0.2) is 9.84 Å². The van der Waals surface area contributed by atoms with Crippen LogP contribution in [-0.4, -0.2) is 37.0 Å². The Morgan fingerprint density at radius 3 is 2.15 bits per heavy atom. The molecule has 0 bridgehead atoms. The van der Waals surface area contributed by atoms with Crippen molar-refractivity contribution >= 4 is 15.8 Å². The lowest BCUT2D eigenvalue weighted by Gasteiger charge is -2.19. The zero-order chi connectivity index (χ0) is 20.9. The molecule has 1 aromatic rings. The molecule has 0 aliphatic rings.